The largest absolute Gasteiger partial charge is 0.237 e. The highest BCUT2D eigenvalue weighted by atomic mass is 32.1. The van der Waals surface area contributed by atoms with Crippen LogP contribution in [0.25, 0.3) is 24.0 Å². The normalized spacial score (nSPS) is 11.3. The van der Waals surface area contributed by atoms with E-state index in [1.807, 2.05) is 45.5 Å². The number of nitrogens with zero attached hydrogens (tertiary/aromatic N) is 2. The molecule has 0 aliphatic carbocycles. The van der Waals surface area contributed by atoms with E-state index in [0.717, 1.165) is 29.0 Å². The van der Waals surface area contributed by atoms with Gasteiger partial charge in [0.05, 0.1) is 12.1 Å². The highest BCUT2D eigenvalue weighted by Gasteiger charge is 2.16. The lowest BCUT2D eigenvalue weighted by atomic mass is 10.1. The molecule has 2 nitrogen and oxygen atoms in total. The zero-order valence-corrected chi connectivity index (χ0v) is 27.8. The van der Waals surface area contributed by atoms with Crippen molar-refractivity contribution in [3.05, 3.63) is 83.1 Å². The highest BCUT2D eigenvalue weighted by molar-refractivity contribution is 7.28. The lowest BCUT2D eigenvalue weighted by molar-refractivity contribution is 0.557. The molecule has 7 heteroatoms. The molecule has 0 unspecified atom stereocenters. The molecular formula is C34H36N2S5. The van der Waals surface area contributed by atoms with E-state index in [1.165, 1.54) is 109 Å². The highest BCUT2D eigenvalue weighted by Crippen LogP contribution is 2.43. The van der Waals surface area contributed by atoms with E-state index < -0.39 is 0 Å². The topological polar surface area (TPSA) is 28.1 Å². The Hall–Kier alpha value is -2.26. The average Bonchev–Trinajstić information content (AvgIpc) is 3.79. The van der Waals surface area contributed by atoms with Crippen molar-refractivity contribution in [3.63, 3.8) is 0 Å². The molecule has 0 radical (unpaired) electrons. The second-order valence-electron chi connectivity index (χ2n) is 10.6. The summed E-state index contributed by atoms with van der Waals surface area (Å²) in [6.45, 7) is 10.1. The first kappa shape index (κ1) is 30.2. The first-order valence-electron chi connectivity index (χ1n) is 14.7. The van der Waals surface area contributed by atoms with Crippen LogP contribution in [0, 0.1) is 17.9 Å². The summed E-state index contributed by atoms with van der Waals surface area (Å²) in [5.74, 6) is 0. The number of aryl methyl sites for hydroxylation is 1. The maximum atomic E-state index is 9.31. The molecule has 0 spiro atoms. The molecule has 5 rings (SSSR count). The Morgan fingerprint density at radius 1 is 0.707 bits per heavy atom. The number of hydrogen-bond donors (Lipinski definition) is 0. The second kappa shape index (κ2) is 15.3. The summed E-state index contributed by atoms with van der Waals surface area (Å²) in [7, 11) is 0. The van der Waals surface area contributed by atoms with Gasteiger partial charge in [-0.3, -0.25) is 0 Å². The number of unbranched alkanes of at least 4 members (excludes halogenated alkanes) is 9. The summed E-state index contributed by atoms with van der Waals surface area (Å²) in [5, 5.41) is 11.3. The van der Waals surface area contributed by atoms with Gasteiger partial charge < -0.3 is 0 Å². The van der Waals surface area contributed by atoms with Crippen LogP contribution >= 0.6 is 56.7 Å². The zero-order valence-electron chi connectivity index (χ0n) is 23.7. The fourth-order valence-electron chi connectivity index (χ4n) is 5.20. The lowest BCUT2D eigenvalue weighted by Gasteiger charge is -2.02. The van der Waals surface area contributed by atoms with E-state index in [-0.39, 0.29) is 0 Å². The molecule has 0 saturated carbocycles. The number of fused-ring (bicyclic) bond motifs is 1. The van der Waals surface area contributed by atoms with Gasteiger partial charge in [0.2, 0.25) is 5.69 Å². The second-order valence-corrected chi connectivity index (χ2v) is 16.2. The molecule has 0 N–H and O–H groups in total. The van der Waals surface area contributed by atoms with E-state index in [2.05, 4.69) is 48.2 Å². The monoisotopic (exact) mass is 632 g/mol. The van der Waals surface area contributed by atoms with Gasteiger partial charge in [-0.2, -0.15) is 16.6 Å². The first-order chi connectivity index (χ1) is 20.2. The van der Waals surface area contributed by atoms with Crippen LogP contribution in [0.3, 0.4) is 0 Å². The molecule has 212 valence electrons. The Balaban J connectivity index is 1.13. The van der Waals surface area contributed by atoms with Gasteiger partial charge in [-0.25, -0.2) is 4.85 Å². The molecule has 5 aromatic rings. The van der Waals surface area contributed by atoms with Gasteiger partial charge in [-0.1, -0.05) is 64.7 Å². The van der Waals surface area contributed by atoms with Crippen molar-refractivity contribution in [1.82, 2.24) is 0 Å². The van der Waals surface area contributed by atoms with Crippen LogP contribution in [0.5, 0.6) is 0 Å². The van der Waals surface area contributed by atoms with Crippen molar-refractivity contribution in [3.8, 4) is 15.8 Å². The SMILES string of the molecule is [C-]#[N+]c1cc(-c2ccc(CCCCCCCCCCCC)s2)sc1Cc1cc2sc(Cc3sccc3C#N)cc2s1. The molecular weight excluding hydrogens is 597 g/mol. The molecule has 0 aromatic carbocycles. The number of hydrogen-bond acceptors (Lipinski definition) is 6. The minimum Gasteiger partial charge on any atom is -0.237 e. The summed E-state index contributed by atoms with van der Waals surface area (Å²) in [5.41, 5.74) is 1.60. The van der Waals surface area contributed by atoms with Crippen molar-refractivity contribution in [2.24, 2.45) is 0 Å². The lowest BCUT2D eigenvalue weighted by Crippen LogP contribution is -1.84. The fraction of sp³-hybridized carbons (Fsp3) is 0.412. The van der Waals surface area contributed by atoms with Crippen LogP contribution in [-0.2, 0) is 19.3 Å². The molecule has 0 bridgehead atoms. The molecule has 0 aliphatic heterocycles. The van der Waals surface area contributed by atoms with Crippen LogP contribution in [0.15, 0.2) is 41.8 Å². The number of rotatable bonds is 16. The van der Waals surface area contributed by atoms with Gasteiger partial charge in [-0.15, -0.1) is 45.3 Å². The smallest absolute Gasteiger partial charge is 0.201 e. The Morgan fingerprint density at radius 3 is 2.02 bits per heavy atom. The van der Waals surface area contributed by atoms with E-state index in [4.69, 9.17) is 6.57 Å². The average molecular weight is 633 g/mol. The van der Waals surface area contributed by atoms with Crippen molar-refractivity contribution in [2.45, 2.75) is 90.4 Å². The minimum atomic E-state index is 0.796. The Bertz CT molecular complexity index is 1600. The third-order valence-corrected chi connectivity index (χ3v) is 13.1. The minimum absolute atomic E-state index is 0.796. The maximum absolute atomic E-state index is 9.31. The van der Waals surface area contributed by atoms with E-state index in [9.17, 15) is 5.26 Å². The zero-order chi connectivity index (χ0) is 28.4. The van der Waals surface area contributed by atoms with Crippen molar-refractivity contribution in [1.29, 1.82) is 5.26 Å². The Labute approximate surface area is 264 Å². The third kappa shape index (κ3) is 8.19. The third-order valence-electron chi connectivity index (χ3n) is 7.43. The predicted octanol–water partition coefficient (Wildman–Crippen LogP) is 12.9. The summed E-state index contributed by atoms with van der Waals surface area (Å²) in [6, 6.07) is 15.5. The Morgan fingerprint density at radius 2 is 1.37 bits per heavy atom. The van der Waals surface area contributed by atoms with E-state index in [0.29, 0.717) is 0 Å². The molecule has 0 amide bonds. The quantitative estimate of drug-likeness (QED) is 0.0785. The van der Waals surface area contributed by atoms with Gasteiger partial charge in [0, 0.05) is 56.4 Å². The van der Waals surface area contributed by atoms with Gasteiger partial charge in [0.15, 0.2) is 0 Å². The molecule has 0 saturated heterocycles. The number of thiophene rings is 5. The summed E-state index contributed by atoms with van der Waals surface area (Å²) in [4.78, 5) is 12.8. The van der Waals surface area contributed by atoms with Crippen LogP contribution in [0.4, 0.5) is 5.69 Å². The summed E-state index contributed by atoms with van der Waals surface area (Å²) >= 11 is 9.03. The standard InChI is InChI=1S/C34H36N2S5/c1-3-4-5-6-7-8-9-10-11-12-13-25-14-15-29(38-25)34-22-28(36-2)31(41-34)19-27-21-33-32(40-27)20-26(39-33)18-30-24(23-35)16-17-37-30/h14-17,20-22H,3-13,18-19H2,1H3. The molecule has 5 heterocycles. The molecule has 0 aliphatic rings. The number of nitriles is 1. The van der Waals surface area contributed by atoms with Gasteiger partial charge >= 0.3 is 0 Å². The molecule has 0 atom stereocenters. The molecule has 5 aromatic heterocycles. The summed E-state index contributed by atoms with van der Waals surface area (Å²) in [6.07, 6.45) is 16.6. The van der Waals surface area contributed by atoms with Crippen molar-refractivity contribution >= 4 is 71.8 Å². The molecule has 41 heavy (non-hydrogen) atoms. The van der Waals surface area contributed by atoms with Gasteiger partial charge in [0.25, 0.3) is 0 Å². The fourth-order valence-corrected chi connectivity index (χ4v) is 11.0. The Kier molecular flexibility index (Phi) is 11.3. The van der Waals surface area contributed by atoms with Crippen LogP contribution in [0.2, 0.25) is 0 Å². The summed E-state index contributed by atoms with van der Waals surface area (Å²) < 4.78 is 2.62. The van der Waals surface area contributed by atoms with E-state index in [1.54, 1.807) is 22.7 Å². The van der Waals surface area contributed by atoms with Crippen LogP contribution in [-0.4, -0.2) is 0 Å². The van der Waals surface area contributed by atoms with Crippen LogP contribution in [0.1, 0.15) is 101 Å². The van der Waals surface area contributed by atoms with Crippen molar-refractivity contribution in [2.75, 3.05) is 0 Å². The van der Waals surface area contributed by atoms with Gasteiger partial charge in [0.1, 0.15) is 6.07 Å². The van der Waals surface area contributed by atoms with Crippen LogP contribution < -0.4 is 0 Å². The van der Waals surface area contributed by atoms with E-state index >= 15 is 0 Å². The molecule has 0 fully saturated rings. The maximum Gasteiger partial charge on any atom is 0.201 e. The predicted molar refractivity (Wildman–Crippen MR) is 184 cm³/mol. The van der Waals surface area contributed by atoms with Gasteiger partial charge in [-0.05, 0) is 54.6 Å². The first-order valence-corrected chi connectivity index (χ1v) is 18.9. The van der Waals surface area contributed by atoms with Crippen molar-refractivity contribution < 1.29 is 0 Å².